The number of benzene rings is 3. The number of carbonyl (C=O) groups is 4. The number of unbranched alkanes of at least 4 members (excludes halogenated alkanes) is 1. The zero-order chi connectivity index (χ0) is 38.9. The Labute approximate surface area is 319 Å². The molecule has 0 bridgehead atoms. The number of rotatable bonds is 12. The van der Waals surface area contributed by atoms with Gasteiger partial charge in [0, 0.05) is 36.0 Å². The van der Waals surface area contributed by atoms with E-state index in [1.54, 1.807) is 0 Å². The molecule has 1 aliphatic heterocycles. The van der Waals surface area contributed by atoms with E-state index in [1.165, 1.54) is 14.2 Å². The molecule has 0 saturated carbocycles. The lowest BCUT2D eigenvalue weighted by molar-refractivity contribution is -0.135. The number of aryl methyl sites for hydroxylation is 1. The minimum atomic E-state index is -0.692. The molecule has 2 aromatic heterocycles. The van der Waals surface area contributed by atoms with Crippen molar-refractivity contribution in [3.63, 3.8) is 0 Å². The molecule has 14 nitrogen and oxygen atoms in total. The van der Waals surface area contributed by atoms with E-state index in [-0.39, 0.29) is 30.3 Å². The molecule has 14 heteroatoms. The molecule has 2 atom stereocenters. The van der Waals surface area contributed by atoms with Gasteiger partial charge >= 0.3 is 12.2 Å². The van der Waals surface area contributed by atoms with Crippen molar-refractivity contribution in [1.29, 1.82) is 0 Å². The molecule has 1 saturated heterocycles. The monoisotopic (exact) mass is 746 g/mol. The van der Waals surface area contributed by atoms with E-state index in [4.69, 9.17) is 9.72 Å². The summed E-state index contributed by atoms with van der Waals surface area (Å²) in [5.41, 5.74) is 5.43. The Hall–Kier alpha value is -6.36. The molecule has 6 rings (SSSR count). The molecule has 0 aliphatic carbocycles. The van der Waals surface area contributed by atoms with Crippen molar-refractivity contribution >= 4 is 45.8 Å². The maximum Gasteiger partial charge on any atom is 0.407 e. The van der Waals surface area contributed by atoms with Crippen LogP contribution in [0.25, 0.3) is 33.1 Å². The van der Waals surface area contributed by atoms with Gasteiger partial charge in [0.15, 0.2) is 0 Å². The zero-order valence-electron chi connectivity index (χ0n) is 31.5. The minimum Gasteiger partial charge on any atom is -0.453 e. The number of likely N-dealkylation sites (tertiary alicyclic amines) is 1. The van der Waals surface area contributed by atoms with Gasteiger partial charge < -0.3 is 40.3 Å². The average molecular weight is 747 g/mol. The van der Waals surface area contributed by atoms with E-state index in [0.29, 0.717) is 13.1 Å². The first kappa shape index (κ1) is 38.4. The van der Waals surface area contributed by atoms with Gasteiger partial charge in [0.05, 0.1) is 49.7 Å². The molecule has 286 valence electrons. The molecule has 3 heterocycles. The summed E-state index contributed by atoms with van der Waals surface area (Å²) in [6.07, 6.45) is 4.55. The van der Waals surface area contributed by atoms with Gasteiger partial charge in [-0.1, -0.05) is 50.0 Å². The van der Waals surface area contributed by atoms with Crippen molar-refractivity contribution in [2.75, 3.05) is 33.9 Å². The Kier molecular flexibility index (Phi) is 12.3. The normalized spacial score (nSPS) is 14.3. The lowest BCUT2D eigenvalue weighted by Gasteiger charge is -2.29. The van der Waals surface area contributed by atoms with Crippen LogP contribution in [0.5, 0.6) is 0 Å². The predicted octanol–water partition coefficient (Wildman–Crippen LogP) is 5.35. The number of hydrogen-bond donors (Lipinski definition) is 5. The number of hydrogen-bond acceptors (Lipinski definition) is 8. The Morgan fingerprint density at radius 3 is 2.45 bits per heavy atom. The summed E-state index contributed by atoms with van der Waals surface area (Å²) in [6.45, 7) is 4.79. The molecular weight excluding hydrogens is 701 g/mol. The van der Waals surface area contributed by atoms with Crippen LogP contribution in [0.4, 0.5) is 9.59 Å². The fraction of sp³-hybridized carbons (Fsp3) is 0.366. The highest BCUT2D eigenvalue weighted by molar-refractivity contribution is 6.04. The van der Waals surface area contributed by atoms with Crippen molar-refractivity contribution in [2.45, 2.75) is 58.0 Å². The first-order chi connectivity index (χ1) is 26.6. The van der Waals surface area contributed by atoms with E-state index in [1.807, 2.05) is 67.4 Å². The van der Waals surface area contributed by atoms with Crippen molar-refractivity contribution in [2.24, 2.45) is 5.92 Å². The molecule has 5 N–H and O–H groups in total. The van der Waals surface area contributed by atoms with Gasteiger partial charge in [0.25, 0.3) is 0 Å². The van der Waals surface area contributed by atoms with Crippen LogP contribution in [0, 0.1) is 17.8 Å². The fourth-order valence-corrected chi connectivity index (χ4v) is 6.70. The molecular formula is C41H46N8O6. The van der Waals surface area contributed by atoms with Gasteiger partial charge in [-0.25, -0.2) is 19.6 Å². The fourth-order valence-electron chi connectivity index (χ4n) is 6.70. The Morgan fingerprint density at radius 2 is 1.69 bits per heavy atom. The SMILES string of the molecule is COC(=O)NCC(=O)NCCCCc1ncc(-c2ccc(C#Cc3ccc4c(ccc5[nH]c(C6CCCN6C(=O)C(NC(=O)OC)C(C)C)nc54)c3)cc2)[nH]1. The molecule has 1 aliphatic rings. The summed E-state index contributed by atoms with van der Waals surface area (Å²) in [7, 11) is 2.54. The third-order valence-corrected chi connectivity index (χ3v) is 9.65. The predicted molar refractivity (Wildman–Crippen MR) is 208 cm³/mol. The number of methoxy groups -OCH3 is 2. The number of aromatic nitrogens is 4. The number of nitrogens with zero attached hydrogens (tertiary/aromatic N) is 3. The highest BCUT2D eigenvalue weighted by Gasteiger charge is 2.37. The molecule has 3 aromatic carbocycles. The zero-order valence-corrected chi connectivity index (χ0v) is 31.5. The first-order valence-electron chi connectivity index (χ1n) is 18.5. The summed E-state index contributed by atoms with van der Waals surface area (Å²) in [6, 6.07) is 17.3. The maximum absolute atomic E-state index is 13.6. The number of aromatic amines is 2. The number of H-pyrrole nitrogens is 2. The highest BCUT2D eigenvalue weighted by Crippen LogP contribution is 2.34. The van der Waals surface area contributed by atoms with Crippen molar-refractivity contribution in [1.82, 2.24) is 40.8 Å². The summed E-state index contributed by atoms with van der Waals surface area (Å²) < 4.78 is 9.21. The average Bonchev–Trinajstić information content (AvgIpc) is 3.98. The van der Waals surface area contributed by atoms with Crippen molar-refractivity contribution in [3.05, 3.63) is 83.6 Å². The van der Waals surface area contributed by atoms with E-state index >= 15 is 0 Å². The van der Waals surface area contributed by atoms with Crippen LogP contribution in [0.3, 0.4) is 0 Å². The van der Waals surface area contributed by atoms with Crippen LogP contribution in [-0.2, 0) is 25.5 Å². The molecule has 55 heavy (non-hydrogen) atoms. The Bertz CT molecular complexity index is 2230. The van der Waals surface area contributed by atoms with E-state index < -0.39 is 18.2 Å². The summed E-state index contributed by atoms with van der Waals surface area (Å²) in [5.74, 6) is 7.66. The van der Waals surface area contributed by atoms with Crippen LogP contribution in [-0.4, -0.2) is 88.7 Å². The van der Waals surface area contributed by atoms with Crippen LogP contribution in [0.1, 0.15) is 68.3 Å². The molecule has 5 aromatic rings. The second-order valence-corrected chi connectivity index (χ2v) is 13.8. The van der Waals surface area contributed by atoms with Gasteiger partial charge in [0.1, 0.15) is 17.7 Å². The Balaban J connectivity index is 1.06. The number of ether oxygens (including phenoxy) is 2. The van der Waals surface area contributed by atoms with E-state index in [0.717, 1.165) is 87.9 Å². The van der Waals surface area contributed by atoms with Crippen LogP contribution >= 0.6 is 0 Å². The standard InChI is InChI=1S/C41H46N8O6/c1-25(2)36(48-41(53)55-4)39(51)49-21-7-8-33(49)38-46-31-19-17-29-22-27(14-18-30(29)37(31)47-38)11-10-26-12-15-28(16-13-26)32-23-43-34(45-32)9-5-6-20-42-35(50)24-44-40(52)54-3/h12-19,22-23,25,33,36H,5-9,20-21,24H2,1-4H3,(H,42,50)(H,43,45)(H,44,52)(H,46,47)(H,48,53). The van der Waals surface area contributed by atoms with E-state index in [9.17, 15) is 19.2 Å². The smallest absolute Gasteiger partial charge is 0.407 e. The Morgan fingerprint density at radius 1 is 0.927 bits per heavy atom. The largest absolute Gasteiger partial charge is 0.453 e. The van der Waals surface area contributed by atoms with Crippen molar-refractivity contribution < 1.29 is 28.7 Å². The lowest BCUT2D eigenvalue weighted by Crippen LogP contribution is -2.51. The van der Waals surface area contributed by atoms with Crippen LogP contribution in [0.2, 0.25) is 0 Å². The topological polar surface area (TPSA) is 183 Å². The van der Waals surface area contributed by atoms with Gasteiger partial charge in [-0.2, -0.15) is 0 Å². The van der Waals surface area contributed by atoms with Gasteiger partial charge in [-0.3, -0.25) is 9.59 Å². The van der Waals surface area contributed by atoms with Crippen LogP contribution < -0.4 is 16.0 Å². The third kappa shape index (κ3) is 9.42. The molecule has 0 radical (unpaired) electrons. The summed E-state index contributed by atoms with van der Waals surface area (Å²) >= 11 is 0. The number of nitrogens with one attached hydrogen (secondary N) is 5. The summed E-state index contributed by atoms with van der Waals surface area (Å²) in [5, 5.41) is 9.83. The van der Waals surface area contributed by atoms with Gasteiger partial charge in [0.2, 0.25) is 11.8 Å². The molecule has 0 spiro atoms. The van der Waals surface area contributed by atoms with Crippen molar-refractivity contribution in [3.8, 4) is 23.1 Å². The number of carbonyl (C=O) groups excluding carboxylic acids is 4. The molecule has 4 amide bonds. The number of imidazole rings is 2. The quantitative estimate of drug-likeness (QED) is 0.0837. The molecule has 1 fully saturated rings. The molecule has 2 unspecified atom stereocenters. The van der Waals surface area contributed by atoms with E-state index in [2.05, 4.69) is 59.6 Å². The summed E-state index contributed by atoms with van der Waals surface area (Å²) in [4.78, 5) is 66.6. The van der Waals surface area contributed by atoms with Gasteiger partial charge in [-0.15, -0.1) is 0 Å². The number of alkyl carbamates (subject to hydrolysis) is 2. The first-order valence-corrected chi connectivity index (χ1v) is 18.5. The van der Waals surface area contributed by atoms with Gasteiger partial charge in [-0.05, 0) is 72.9 Å². The third-order valence-electron chi connectivity index (χ3n) is 9.65. The maximum atomic E-state index is 13.6. The lowest BCUT2D eigenvalue weighted by atomic mass is 10.0. The number of fused-ring (bicyclic) bond motifs is 3. The van der Waals surface area contributed by atoms with Crippen LogP contribution in [0.15, 0.2) is 60.8 Å². The minimum absolute atomic E-state index is 0.108. The second-order valence-electron chi connectivity index (χ2n) is 13.8. The second kappa shape index (κ2) is 17.6. The number of amides is 4. The highest BCUT2D eigenvalue weighted by atomic mass is 16.5.